The normalized spacial score (nSPS) is 16.2. The van der Waals surface area contributed by atoms with Crippen LogP contribution in [0.5, 0.6) is 0 Å². The van der Waals surface area contributed by atoms with Gasteiger partial charge in [0.2, 0.25) is 0 Å². The number of rotatable bonds is 3. The summed E-state index contributed by atoms with van der Waals surface area (Å²) in [4.78, 5) is 10.2. The maximum absolute atomic E-state index is 10.2. The molecule has 0 saturated heterocycles. The van der Waals surface area contributed by atoms with Crippen LogP contribution in [0, 0.1) is 0 Å². The largest absolute Gasteiger partial charge is 0.404 e. The van der Waals surface area contributed by atoms with Crippen LogP contribution < -0.4 is 16.1 Å². The molecule has 0 atom stereocenters. The molecule has 1 aliphatic rings. The lowest BCUT2D eigenvalue weighted by atomic mass is 10.1. The zero-order valence-electron chi connectivity index (χ0n) is 6.97. The van der Waals surface area contributed by atoms with Gasteiger partial charge < -0.3 is 11.5 Å². The predicted octanol–water partition coefficient (Wildman–Crippen LogP) is -0.981. The van der Waals surface area contributed by atoms with Gasteiger partial charge in [-0.15, -0.1) is 4.67 Å². The molecule has 0 amide bonds. The van der Waals surface area contributed by atoms with Crippen molar-refractivity contribution in [2.45, 2.75) is 0 Å². The van der Waals surface area contributed by atoms with Crippen molar-refractivity contribution < 1.29 is 4.79 Å². The van der Waals surface area contributed by atoms with E-state index in [1.807, 2.05) is 0 Å². The molecular formula is C9H10N3O+. The van der Waals surface area contributed by atoms with Crippen LogP contribution in [-0.4, -0.2) is 18.7 Å². The second-order valence-corrected chi connectivity index (χ2v) is 2.43. The van der Waals surface area contributed by atoms with Crippen LogP contribution >= 0.6 is 0 Å². The molecule has 0 aliphatic carbocycles. The molecule has 13 heavy (non-hydrogen) atoms. The van der Waals surface area contributed by atoms with Gasteiger partial charge in [-0.1, -0.05) is 0 Å². The third-order valence-electron chi connectivity index (χ3n) is 1.52. The van der Waals surface area contributed by atoms with E-state index in [2.05, 4.69) is 4.67 Å². The summed E-state index contributed by atoms with van der Waals surface area (Å²) in [5.74, 6) is 0. The van der Waals surface area contributed by atoms with Gasteiger partial charge in [0.1, 0.15) is 0 Å². The minimum Gasteiger partial charge on any atom is -0.404 e. The summed E-state index contributed by atoms with van der Waals surface area (Å²) in [6.07, 6.45) is 8.53. The highest BCUT2D eigenvalue weighted by molar-refractivity contribution is 5.98. The van der Waals surface area contributed by atoms with Crippen molar-refractivity contribution in [3.8, 4) is 0 Å². The van der Waals surface area contributed by atoms with Gasteiger partial charge in [-0.05, 0) is 6.08 Å². The molecule has 1 heterocycles. The molecule has 0 fully saturated rings. The number of aldehydes is 1. The molecule has 1 aliphatic heterocycles. The molecule has 1 rings (SSSR count). The van der Waals surface area contributed by atoms with Crippen LogP contribution in [0.4, 0.5) is 0 Å². The summed E-state index contributed by atoms with van der Waals surface area (Å²) in [5.41, 5.74) is 12.4. The summed E-state index contributed by atoms with van der Waals surface area (Å²) in [6.45, 7) is 0. The first-order valence-corrected chi connectivity index (χ1v) is 3.69. The van der Waals surface area contributed by atoms with Crippen molar-refractivity contribution in [2.24, 2.45) is 11.5 Å². The Balaban J connectivity index is 2.88. The quantitative estimate of drug-likeness (QED) is 0.251. The van der Waals surface area contributed by atoms with Crippen molar-refractivity contribution in [1.29, 1.82) is 0 Å². The van der Waals surface area contributed by atoms with Crippen LogP contribution in [0.2, 0.25) is 0 Å². The van der Waals surface area contributed by atoms with Gasteiger partial charge in [0, 0.05) is 17.8 Å². The zero-order valence-corrected chi connectivity index (χ0v) is 6.97. The molecule has 4 nitrogen and oxygen atoms in total. The molecule has 0 aromatic rings. The monoisotopic (exact) mass is 176 g/mol. The lowest BCUT2D eigenvalue weighted by Crippen LogP contribution is -2.01. The Kier molecular flexibility index (Phi) is 2.84. The Morgan fingerprint density at radius 1 is 1.54 bits per heavy atom. The van der Waals surface area contributed by atoms with Gasteiger partial charge in [0.05, 0.1) is 11.3 Å². The SMILES string of the molecule is N/C=C(\C=C(\N)C=O)C1=CC=[N+]=C1. The van der Waals surface area contributed by atoms with E-state index in [1.165, 1.54) is 12.3 Å². The molecule has 0 spiro atoms. The summed E-state index contributed by atoms with van der Waals surface area (Å²) in [5, 5.41) is 0. The van der Waals surface area contributed by atoms with Gasteiger partial charge in [0.25, 0.3) is 6.21 Å². The van der Waals surface area contributed by atoms with Crippen molar-refractivity contribution in [2.75, 3.05) is 0 Å². The van der Waals surface area contributed by atoms with Crippen LogP contribution in [-0.2, 0) is 4.79 Å². The van der Waals surface area contributed by atoms with Gasteiger partial charge in [-0.2, -0.15) is 0 Å². The second kappa shape index (κ2) is 4.09. The van der Waals surface area contributed by atoms with Crippen molar-refractivity contribution in [1.82, 2.24) is 4.67 Å². The standard InChI is InChI=1S/C9H9N3O/c10-4-8(3-9(11)6-13)7-1-2-12-5-7/h1-6,10H,(H2,11,12)/p+1. The fourth-order valence-corrected chi connectivity index (χ4v) is 0.902. The highest BCUT2D eigenvalue weighted by Crippen LogP contribution is 2.08. The average Bonchev–Trinajstić information content (AvgIpc) is 2.66. The molecule has 0 bridgehead atoms. The fraction of sp³-hybridized carbons (Fsp3) is 0. The Labute approximate surface area is 75.7 Å². The number of nitrogens with zero attached hydrogens (tertiary/aromatic N) is 1. The number of hydrogen-bond acceptors (Lipinski definition) is 3. The van der Waals surface area contributed by atoms with E-state index in [4.69, 9.17) is 11.5 Å². The van der Waals surface area contributed by atoms with Crippen LogP contribution in [0.25, 0.3) is 0 Å². The average molecular weight is 176 g/mol. The van der Waals surface area contributed by atoms with Crippen LogP contribution in [0.1, 0.15) is 0 Å². The van der Waals surface area contributed by atoms with E-state index in [1.54, 1.807) is 18.5 Å². The van der Waals surface area contributed by atoms with Crippen molar-refractivity contribution in [3.05, 3.63) is 35.2 Å². The fourth-order valence-electron chi connectivity index (χ4n) is 0.902. The Morgan fingerprint density at radius 2 is 2.31 bits per heavy atom. The Morgan fingerprint density at radius 3 is 2.77 bits per heavy atom. The summed E-state index contributed by atoms with van der Waals surface area (Å²) in [6, 6.07) is 0. The molecule has 0 aromatic carbocycles. The molecule has 0 saturated carbocycles. The van der Waals surface area contributed by atoms with E-state index < -0.39 is 0 Å². The number of hydrogen-bond donors (Lipinski definition) is 2. The maximum atomic E-state index is 10.2. The lowest BCUT2D eigenvalue weighted by Gasteiger charge is -1.95. The molecule has 0 unspecified atom stereocenters. The van der Waals surface area contributed by atoms with E-state index in [0.29, 0.717) is 11.9 Å². The van der Waals surface area contributed by atoms with E-state index in [0.717, 1.165) is 5.57 Å². The molecule has 66 valence electrons. The smallest absolute Gasteiger partial charge is 0.300 e. The summed E-state index contributed by atoms with van der Waals surface area (Å²) >= 11 is 0. The third-order valence-corrected chi connectivity index (χ3v) is 1.52. The number of allylic oxidation sites excluding steroid dienone is 5. The highest BCUT2D eigenvalue weighted by Gasteiger charge is 2.08. The highest BCUT2D eigenvalue weighted by atomic mass is 16.1. The first kappa shape index (κ1) is 9.03. The van der Waals surface area contributed by atoms with Crippen molar-refractivity contribution >= 4 is 18.7 Å². The summed E-state index contributed by atoms with van der Waals surface area (Å²) in [7, 11) is 0. The minimum atomic E-state index is 0.137. The molecule has 4 heteroatoms. The first-order chi connectivity index (χ1) is 6.27. The third kappa shape index (κ3) is 2.18. The number of carbonyl (C=O) groups is 1. The molecule has 4 N–H and O–H groups in total. The zero-order chi connectivity index (χ0) is 9.68. The number of nitrogens with two attached hydrogens (primary N) is 2. The first-order valence-electron chi connectivity index (χ1n) is 3.69. The lowest BCUT2D eigenvalue weighted by molar-refractivity contribution is -0.104. The van der Waals surface area contributed by atoms with Crippen LogP contribution in [0.3, 0.4) is 0 Å². The Bertz CT molecular complexity index is 368. The van der Waals surface area contributed by atoms with Crippen molar-refractivity contribution in [3.63, 3.8) is 0 Å². The number of carbonyl (C=O) groups excluding carboxylic acids is 1. The van der Waals surface area contributed by atoms with E-state index in [9.17, 15) is 4.79 Å². The summed E-state index contributed by atoms with van der Waals surface area (Å²) < 4.78 is 3.87. The second-order valence-electron chi connectivity index (χ2n) is 2.43. The van der Waals surface area contributed by atoms with E-state index >= 15 is 0 Å². The van der Waals surface area contributed by atoms with Gasteiger partial charge in [-0.25, -0.2) is 0 Å². The maximum Gasteiger partial charge on any atom is 0.300 e. The predicted molar refractivity (Wildman–Crippen MR) is 52.9 cm³/mol. The van der Waals surface area contributed by atoms with Gasteiger partial charge >= 0.3 is 6.21 Å². The van der Waals surface area contributed by atoms with E-state index in [-0.39, 0.29) is 5.70 Å². The van der Waals surface area contributed by atoms with Crippen LogP contribution in [0.15, 0.2) is 35.2 Å². The van der Waals surface area contributed by atoms with Gasteiger partial charge in [0.15, 0.2) is 6.29 Å². The molecular weight excluding hydrogens is 166 g/mol. The molecule has 0 radical (unpaired) electrons. The Hall–Kier alpha value is -2.06. The molecule has 0 aromatic heterocycles. The van der Waals surface area contributed by atoms with Gasteiger partial charge in [-0.3, -0.25) is 4.79 Å². The minimum absolute atomic E-state index is 0.137. The topological polar surface area (TPSA) is 83.2 Å².